The van der Waals surface area contributed by atoms with Gasteiger partial charge in [-0.15, -0.1) is 0 Å². The average molecular weight is 506 g/mol. The number of ketones is 1. The zero-order chi connectivity index (χ0) is 26.0. The number of fused-ring (bicyclic) bond motifs is 1. The summed E-state index contributed by atoms with van der Waals surface area (Å²) in [6, 6.07) is 9.78. The minimum Gasteiger partial charge on any atom is -0.389 e. The molecule has 0 saturated heterocycles. The van der Waals surface area contributed by atoms with Crippen molar-refractivity contribution in [2.24, 2.45) is 0 Å². The van der Waals surface area contributed by atoms with Crippen LogP contribution in [0.2, 0.25) is 0 Å². The van der Waals surface area contributed by atoms with Crippen molar-refractivity contribution in [2.75, 3.05) is 27.0 Å². The number of aryl methyl sites for hydroxylation is 1. The molecule has 0 spiro atoms. The largest absolute Gasteiger partial charge is 0.389 e. The van der Waals surface area contributed by atoms with Gasteiger partial charge in [0.1, 0.15) is 17.2 Å². The van der Waals surface area contributed by atoms with E-state index >= 15 is 0 Å². The smallest absolute Gasteiger partial charge is 0.261 e. The van der Waals surface area contributed by atoms with E-state index in [1.165, 1.54) is 36.1 Å². The molecule has 0 radical (unpaired) electrons. The van der Waals surface area contributed by atoms with E-state index in [1.54, 1.807) is 37.4 Å². The molecule has 0 fully saturated rings. The summed E-state index contributed by atoms with van der Waals surface area (Å²) in [5, 5.41) is 11.0. The van der Waals surface area contributed by atoms with Crippen LogP contribution in [0.3, 0.4) is 0 Å². The Labute approximate surface area is 202 Å². The topological polar surface area (TPSA) is 119 Å². The first-order chi connectivity index (χ1) is 16.4. The number of benzene rings is 2. The number of hydrogen-bond acceptors (Lipinski definition) is 8. The van der Waals surface area contributed by atoms with Gasteiger partial charge in [0, 0.05) is 25.4 Å². The van der Waals surface area contributed by atoms with E-state index in [0.29, 0.717) is 27.6 Å². The number of hydrogen-bond donors (Lipinski definition) is 1. The van der Waals surface area contributed by atoms with Gasteiger partial charge >= 0.3 is 0 Å². The molecule has 0 aliphatic carbocycles. The number of carbonyl (C=O) groups is 1. The number of nitrogens with zero attached hydrogens (tertiary/aromatic N) is 3. The van der Waals surface area contributed by atoms with Crippen molar-refractivity contribution >= 4 is 26.5 Å². The molecule has 35 heavy (non-hydrogen) atoms. The zero-order valence-electron chi connectivity index (χ0n) is 20.0. The van der Waals surface area contributed by atoms with Gasteiger partial charge in [-0.05, 0) is 42.7 Å². The van der Waals surface area contributed by atoms with E-state index < -0.39 is 32.5 Å². The SMILES string of the molecule is CON(C)Cc1ccc(-c2ccc3c(=O)n(CC[C@](C)(C(=O)CO)S(C)(=O)=O)cnc3c2)cc1F. The quantitative estimate of drug-likeness (QED) is 0.416. The third-order valence-electron chi connectivity index (χ3n) is 6.30. The molecule has 11 heteroatoms. The number of aliphatic hydroxyl groups is 1. The summed E-state index contributed by atoms with van der Waals surface area (Å²) in [4.78, 5) is 34.4. The molecule has 2 aromatic carbocycles. The summed E-state index contributed by atoms with van der Waals surface area (Å²) >= 11 is 0. The molecular weight excluding hydrogens is 477 g/mol. The van der Waals surface area contributed by atoms with E-state index in [0.717, 1.165) is 6.26 Å². The predicted molar refractivity (Wildman–Crippen MR) is 130 cm³/mol. The number of Topliss-reactive ketones (excluding diaryl/α,β-unsaturated/α-hetero) is 1. The maximum Gasteiger partial charge on any atom is 0.261 e. The Morgan fingerprint density at radius 2 is 1.89 bits per heavy atom. The molecule has 1 N–H and O–H groups in total. The number of hydroxylamine groups is 2. The van der Waals surface area contributed by atoms with Gasteiger partial charge in [-0.25, -0.2) is 17.8 Å². The third-order valence-corrected chi connectivity index (χ3v) is 8.37. The van der Waals surface area contributed by atoms with Gasteiger partial charge in [-0.3, -0.25) is 14.2 Å². The highest BCUT2D eigenvalue weighted by Gasteiger charge is 2.42. The van der Waals surface area contributed by atoms with Crippen molar-refractivity contribution in [3.8, 4) is 11.1 Å². The average Bonchev–Trinajstić information content (AvgIpc) is 2.83. The van der Waals surface area contributed by atoms with Gasteiger partial charge in [-0.2, -0.15) is 5.06 Å². The molecular formula is C24H28FN3O6S. The standard InChI is InChI=1S/C24H28FN3O6S/c1-24(22(30)14-29,35(4,32)33)9-10-28-15-26-21-12-17(7-8-19(21)23(28)31)16-5-6-18(20(25)11-16)13-27(2)34-3/h5-8,11-12,15,29H,9-10,13-14H2,1-4H3/t24-/m1/s1. The molecule has 1 atom stereocenters. The zero-order valence-corrected chi connectivity index (χ0v) is 20.8. The minimum absolute atomic E-state index is 0.0819. The number of aliphatic hydroxyl groups excluding tert-OH is 1. The highest BCUT2D eigenvalue weighted by molar-refractivity contribution is 7.92. The lowest BCUT2D eigenvalue weighted by atomic mass is 10.0. The summed E-state index contributed by atoms with van der Waals surface area (Å²) in [5.41, 5.74) is 1.75. The van der Waals surface area contributed by atoms with Crippen molar-refractivity contribution in [1.29, 1.82) is 0 Å². The van der Waals surface area contributed by atoms with E-state index in [1.807, 2.05) is 0 Å². The Morgan fingerprint density at radius 3 is 2.49 bits per heavy atom. The highest BCUT2D eigenvalue weighted by Crippen LogP contribution is 2.26. The molecule has 0 aliphatic heterocycles. The number of sulfone groups is 1. The monoisotopic (exact) mass is 505 g/mol. The first-order valence-electron chi connectivity index (χ1n) is 10.8. The van der Waals surface area contributed by atoms with E-state index in [-0.39, 0.29) is 25.3 Å². The number of rotatable bonds is 10. The molecule has 0 aliphatic rings. The van der Waals surface area contributed by atoms with Crippen molar-refractivity contribution in [3.63, 3.8) is 0 Å². The maximum absolute atomic E-state index is 14.6. The van der Waals surface area contributed by atoms with Gasteiger partial charge in [0.2, 0.25) is 0 Å². The van der Waals surface area contributed by atoms with Crippen molar-refractivity contribution in [2.45, 2.75) is 31.2 Å². The van der Waals surface area contributed by atoms with Crippen LogP contribution in [0.5, 0.6) is 0 Å². The van der Waals surface area contributed by atoms with E-state index in [2.05, 4.69) is 4.98 Å². The summed E-state index contributed by atoms with van der Waals surface area (Å²) in [5.74, 6) is -1.22. The molecule has 0 amide bonds. The van der Waals surface area contributed by atoms with Crippen LogP contribution in [0, 0.1) is 5.82 Å². The van der Waals surface area contributed by atoms with E-state index in [9.17, 15) is 27.5 Å². The third kappa shape index (κ3) is 5.48. The first-order valence-corrected chi connectivity index (χ1v) is 12.7. The Balaban J connectivity index is 1.90. The van der Waals surface area contributed by atoms with Crippen LogP contribution in [0.4, 0.5) is 4.39 Å². The lowest BCUT2D eigenvalue weighted by Crippen LogP contribution is -2.46. The minimum atomic E-state index is -3.84. The molecule has 188 valence electrons. The second-order valence-electron chi connectivity index (χ2n) is 8.58. The summed E-state index contributed by atoms with van der Waals surface area (Å²) in [7, 11) is -0.641. The fraction of sp³-hybridized carbons (Fsp3) is 0.375. The fourth-order valence-corrected chi connectivity index (χ4v) is 4.63. The molecule has 1 heterocycles. The number of halogens is 1. The summed E-state index contributed by atoms with van der Waals surface area (Å²) < 4.78 is 38.4. The van der Waals surface area contributed by atoms with Gasteiger partial charge in [0.05, 0.1) is 30.9 Å². The van der Waals surface area contributed by atoms with Crippen molar-refractivity contribution in [3.05, 3.63) is 64.5 Å². The van der Waals surface area contributed by atoms with Crippen molar-refractivity contribution in [1.82, 2.24) is 14.6 Å². The molecule has 0 saturated carbocycles. The van der Waals surface area contributed by atoms with Gasteiger partial charge in [0.15, 0.2) is 15.6 Å². The molecule has 3 rings (SSSR count). The van der Waals surface area contributed by atoms with Crippen LogP contribution in [0.1, 0.15) is 18.9 Å². The van der Waals surface area contributed by atoms with Gasteiger partial charge in [0.25, 0.3) is 5.56 Å². The number of carbonyl (C=O) groups excluding carboxylic acids is 1. The van der Waals surface area contributed by atoms with E-state index in [4.69, 9.17) is 4.84 Å². The second kappa shape index (κ2) is 10.3. The van der Waals surface area contributed by atoms with Crippen LogP contribution < -0.4 is 5.56 Å². The number of aromatic nitrogens is 2. The molecule has 0 unspecified atom stereocenters. The lowest BCUT2D eigenvalue weighted by Gasteiger charge is -2.25. The van der Waals surface area contributed by atoms with Crippen LogP contribution >= 0.6 is 0 Å². The van der Waals surface area contributed by atoms with Crippen LogP contribution in [0.15, 0.2) is 47.5 Å². The summed E-state index contributed by atoms with van der Waals surface area (Å²) in [6.45, 7) is 0.525. The first kappa shape index (κ1) is 26.6. The highest BCUT2D eigenvalue weighted by atomic mass is 32.2. The van der Waals surface area contributed by atoms with Gasteiger partial charge < -0.3 is 9.94 Å². The van der Waals surface area contributed by atoms with Crippen LogP contribution in [-0.4, -0.2) is 65.7 Å². The van der Waals surface area contributed by atoms with Gasteiger partial charge in [-0.1, -0.05) is 18.2 Å². The Bertz CT molecular complexity index is 1420. The second-order valence-corrected chi connectivity index (χ2v) is 11.0. The molecule has 1 aromatic heterocycles. The molecule has 0 bridgehead atoms. The fourth-order valence-electron chi connectivity index (χ4n) is 3.69. The maximum atomic E-state index is 14.6. The normalized spacial score (nSPS) is 13.8. The lowest BCUT2D eigenvalue weighted by molar-refractivity contribution is -0.124. The summed E-state index contributed by atoms with van der Waals surface area (Å²) in [6.07, 6.45) is 2.01. The molecule has 3 aromatic rings. The predicted octanol–water partition coefficient (Wildman–Crippen LogP) is 1.95. The van der Waals surface area contributed by atoms with Crippen molar-refractivity contribution < 1.29 is 27.5 Å². The van der Waals surface area contributed by atoms with Crippen LogP contribution in [0.25, 0.3) is 22.0 Å². The Kier molecular flexibility index (Phi) is 7.85. The Hall–Kier alpha value is -2.99. The molecule has 9 nitrogen and oxygen atoms in total. The van der Waals surface area contributed by atoms with Crippen LogP contribution in [-0.2, 0) is 32.6 Å². The Morgan fingerprint density at radius 1 is 1.23 bits per heavy atom.